The predicted octanol–water partition coefficient (Wildman–Crippen LogP) is 5.74. The second-order valence-electron chi connectivity index (χ2n) is 10.9. The number of H-pyrrole nitrogens is 1. The Morgan fingerprint density at radius 1 is 0.927 bits per heavy atom. The molecule has 4 heterocycles. The fourth-order valence-corrected chi connectivity index (χ4v) is 6.48. The topological polar surface area (TPSA) is 72.6 Å². The Balaban J connectivity index is 1.44. The number of aryl methyl sites for hydroxylation is 1. The zero-order valence-corrected chi connectivity index (χ0v) is 22.6. The number of aromatic amines is 1. The van der Waals surface area contributed by atoms with Gasteiger partial charge in [-0.25, -0.2) is 23.2 Å². The van der Waals surface area contributed by atoms with Crippen LogP contribution < -0.4 is 11.0 Å². The SMILES string of the molecule is Cn1cc(-c2n[nH]c(=O)n2-c2cn(C(Cc3ccccc3)C3CCNCC3)c3ccc(F)cc23)c2cc(F)ccc21. The van der Waals surface area contributed by atoms with Crippen molar-refractivity contribution in [1.82, 2.24) is 29.2 Å². The molecule has 1 fully saturated rings. The van der Waals surface area contributed by atoms with Crippen LogP contribution in [0.5, 0.6) is 0 Å². The van der Waals surface area contributed by atoms with Gasteiger partial charge in [0.05, 0.1) is 11.2 Å². The van der Waals surface area contributed by atoms with E-state index in [1.807, 2.05) is 42.2 Å². The molecular formula is C32H30F2N6O. The van der Waals surface area contributed by atoms with Crippen LogP contribution in [0.1, 0.15) is 24.4 Å². The fourth-order valence-electron chi connectivity index (χ4n) is 6.48. The minimum absolute atomic E-state index is 0.0962. The van der Waals surface area contributed by atoms with Crippen molar-refractivity contribution in [3.8, 4) is 17.1 Å². The molecule has 7 rings (SSSR count). The van der Waals surface area contributed by atoms with Gasteiger partial charge in [-0.3, -0.25) is 0 Å². The summed E-state index contributed by atoms with van der Waals surface area (Å²) in [7, 11) is 1.87. The van der Waals surface area contributed by atoms with Crippen molar-refractivity contribution in [3.05, 3.63) is 107 Å². The van der Waals surface area contributed by atoms with Crippen LogP contribution in [0.15, 0.2) is 83.9 Å². The summed E-state index contributed by atoms with van der Waals surface area (Å²) < 4.78 is 34.7. The van der Waals surface area contributed by atoms with E-state index in [0.717, 1.165) is 43.4 Å². The molecule has 9 heteroatoms. The van der Waals surface area contributed by atoms with E-state index in [9.17, 15) is 13.6 Å². The molecular weight excluding hydrogens is 522 g/mol. The number of benzene rings is 3. The highest BCUT2D eigenvalue weighted by atomic mass is 19.1. The third-order valence-electron chi connectivity index (χ3n) is 8.45. The maximum absolute atomic E-state index is 14.8. The van der Waals surface area contributed by atoms with Crippen LogP contribution >= 0.6 is 0 Å². The van der Waals surface area contributed by atoms with Crippen LogP contribution in [0, 0.1) is 17.6 Å². The van der Waals surface area contributed by atoms with Crippen molar-refractivity contribution in [3.63, 3.8) is 0 Å². The zero-order chi connectivity index (χ0) is 28.1. The summed E-state index contributed by atoms with van der Waals surface area (Å²) in [5.41, 5.74) is 3.58. The molecule has 1 aliphatic heterocycles. The van der Waals surface area contributed by atoms with Gasteiger partial charge in [0.2, 0.25) is 0 Å². The Morgan fingerprint density at radius 2 is 1.63 bits per heavy atom. The largest absolute Gasteiger partial charge is 0.350 e. The van der Waals surface area contributed by atoms with E-state index in [1.165, 1.54) is 34.4 Å². The highest BCUT2D eigenvalue weighted by Crippen LogP contribution is 2.37. The maximum atomic E-state index is 14.8. The molecule has 1 saturated heterocycles. The molecule has 0 bridgehead atoms. The van der Waals surface area contributed by atoms with E-state index in [1.54, 1.807) is 12.1 Å². The van der Waals surface area contributed by atoms with Gasteiger partial charge in [0.1, 0.15) is 11.6 Å². The molecule has 2 N–H and O–H groups in total. The smallest absolute Gasteiger partial charge is 0.348 e. The Labute approximate surface area is 235 Å². The molecule has 1 unspecified atom stereocenters. The Bertz CT molecular complexity index is 1930. The summed E-state index contributed by atoms with van der Waals surface area (Å²) in [6.45, 7) is 1.89. The molecule has 0 radical (unpaired) electrons. The maximum Gasteiger partial charge on any atom is 0.348 e. The van der Waals surface area contributed by atoms with Gasteiger partial charge in [-0.1, -0.05) is 30.3 Å². The van der Waals surface area contributed by atoms with Crippen molar-refractivity contribution >= 4 is 21.8 Å². The van der Waals surface area contributed by atoms with Gasteiger partial charge in [-0.05, 0) is 80.2 Å². The zero-order valence-electron chi connectivity index (χ0n) is 22.6. The third-order valence-corrected chi connectivity index (χ3v) is 8.45. The summed E-state index contributed by atoms with van der Waals surface area (Å²) in [4.78, 5) is 13.4. The molecule has 208 valence electrons. The number of rotatable bonds is 6. The van der Waals surface area contributed by atoms with Crippen LogP contribution in [0.3, 0.4) is 0 Å². The van der Waals surface area contributed by atoms with Gasteiger partial charge < -0.3 is 14.5 Å². The van der Waals surface area contributed by atoms with Crippen molar-refractivity contribution in [2.24, 2.45) is 13.0 Å². The lowest BCUT2D eigenvalue weighted by Gasteiger charge is -2.32. The van der Waals surface area contributed by atoms with Gasteiger partial charge in [-0.2, -0.15) is 5.10 Å². The predicted molar refractivity (Wildman–Crippen MR) is 156 cm³/mol. The first-order chi connectivity index (χ1) is 20.0. The summed E-state index contributed by atoms with van der Waals surface area (Å²) in [5, 5.41) is 11.7. The first-order valence-corrected chi connectivity index (χ1v) is 14.0. The number of aromatic nitrogens is 5. The highest BCUT2D eigenvalue weighted by Gasteiger charge is 2.29. The van der Waals surface area contributed by atoms with Crippen LogP contribution in [-0.2, 0) is 13.5 Å². The molecule has 3 aromatic carbocycles. The molecule has 41 heavy (non-hydrogen) atoms. The molecule has 1 atom stereocenters. The van der Waals surface area contributed by atoms with E-state index < -0.39 is 5.69 Å². The molecule has 3 aromatic heterocycles. The fraction of sp³-hybridized carbons (Fsp3) is 0.250. The minimum Gasteiger partial charge on any atom is -0.350 e. The van der Waals surface area contributed by atoms with E-state index in [4.69, 9.17) is 0 Å². The van der Waals surface area contributed by atoms with Crippen LogP contribution in [0.2, 0.25) is 0 Å². The average Bonchev–Trinajstić information content (AvgIpc) is 3.64. The lowest BCUT2D eigenvalue weighted by atomic mass is 9.86. The van der Waals surface area contributed by atoms with E-state index >= 15 is 0 Å². The molecule has 0 aliphatic carbocycles. The first kappa shape index (κ1) is 25.5. The number of nitrogens with one attached hydrogen (secondary N) is 2. The highest BCUT2D eigenvalue weighted by molar-refractivity contribution is 5.96. The normalized spacial score (nSPS) is 15.2. The van der Waals surface area contributed by atoms with Gasteiger partial charge in [0.15, 0.2) is 5.82 Å². The van der Waals surface area contributed by atoms with Crippen molar-refractivity contribution in [1.29, 1.82) is 0 Å². The lowest BCUT2D eigenvalue weighted by Crippen LogP contribution is -2.33. The second kappa shape index (κ2) is 10.2. The number of hydrogen-bond acceptors (Lipinski definition) is 3. The number of nitrogens with zero attached hydrogens (tertiary/aromatic N) is 4. The van der Waals surface area contributed by atoms with Crippen LogP contribution in [0.25, 0.3) is 38.9 Å². The molecule has 0 spiro atoms. The van der Waals surface area contributed by atoms with Gasteiger partial charge >= 0.3 is 5.69 Å². The number of piperidine rings is 1. The molecule has 0 amide bonds. The third kappa shape index (κ3) is 4.46. The Morgan fingerprint density at radius 3 is 2.39 bits per heavy atom. The Kier molecular flexibility index (Phi) is 6.31. The van der Waals surface area contributed by atoms with Gasteiger partial charge in [0.25, 0.3) is 0 Å². The lowest BCUT2D eigenvalue weighted by molar-refractivity contribution is 0.262. The van der Waals surface area contributed by atoms with E-state index in [0.29, 0.717) is 33.8 Å². The monoisotopic (exact) mass is 552 g/mol. The van der Waals surface area contributed by atoms with E-state index in [-0.39, 0.29) is 17.7 Å². The summed E-state index contributed by atoms with van der Waals surface area (Å²) in [6, 6.07) is 19.8. The van der Waals surface area contributed by atoms with Crippen molar-refractivity contribution in [2.75, 3.05) is 13.1 Å². The molecule has 6 aromatic rings. The summed E-state index contributed by atoms with van der Waals surface area (Å²) in [5.74, 6) is -0.0235. The Hall–Kier alpha value is -4.50. The first-order valence-electron chi connectivity index (χ1n) is 14.0. The molecule has 7 nitrogen and oxygen atoms in total. The van der Waals surface area contributed by atoms with E-state index in [2.05, 4.69) is 32.2 Å². The second-order valence-corrected chi connectivity index (χ2v) is 10.9. The van der Waals surface area contributed by atoms with Gasteiger partial charge in [-0.15, -0.1) is 0 Å². The minimum atomic E-state index is -0.446. The number of fused-ring (bicyclic) bond motifs is 2. The number of halogens is 2. The van der Waals surface area contributed by atoms with Crippen molar-refractivity contribution in [2.45, 2.75) is 25.3 Å². The van der Waals surface area contributed by atoms with Gasteiger partial charge in [0, 0.05) is 47.3 Å². The molecule has 1 aliphatic rings. The number of hydrogen-bond donors (Lipinski definition) is 2. The standard InChI is InChI=1S/C32H30F2N6O/c1-38-18-26(24-16-22(33)7-9-27(24)38)31-36-37-32(41)40(31)30-19-39(28-10-8-23(34)17-25(28)30)29(21-11-13-35-14-12-21)15-20-5-3-2-4-6-20/h2-10,16-19,21,29,35H,11-15H2,1H3,(H,37,41). The van der Waals surface area contributed by atoms with Crippen molar-refractivity contribution < 1.29 is 8.78 Å². The summed E-state index contributed by atoms with van der Waals surface area (Å²) >= 11 is 0. The summed E-state index contributed by atoms with van der Waals surface area (Å²) in [6.07, 6.45) is 6.65. The average molecular weight is 553 g/mol. The van der Waals surface area contributed by atoms with Crippen LogP contribution in [0.4, 0.5) is 8.78 Å². The quantitative estimate of drug-likeness (QED) is 0.277. The van der Waals surface area contributed by atoms with Crippen LogP contribution in [-0.4, -0.2) is 37.0 Å². The molecule has 0 saturated carbocycles.